The van der Waals surface area contributed by atoms with E-state index in [9.17, 15) is 4.79 Å². The van der Waals surface area contributed by atoms with Crippen molar-refractivity contribution in [2.24, 2.45) is 10.9 Å². The Labute approximate surface area is 70.4 Å². The highest BCUT2D eigenvalue weighted by atomic mass is 16.6. The fraction of sp³-hybridized carbons (Fsp3) is 0.667. The first-order chi connectivity index (χ1) is 5.35. The molecule has 0 heterocycles. The van der Waals surface area contributed by atoms with Crippen LogP contribution in [0.3, 0.4) is 0 Å². The monoisotopic (exact) mass is 175 g/mol. The average Bonchev–Trinajstić information content (AvgIpc) is 1.82. The lowest BCUT2D eigenvalue weighted by Crippen LogP contribution is -2.40. The van der Waals surface area contributed by atoms with Crippen LogP contribution in [0.15, 0.2) is 5.16 Å². The molecule has 6 nitrogen and oxygen atoms in total. The summed E-state index contributed by atoms with van der Waals surface area (Å²) in [6.07, 6.45) is -0.752. The van der Waals surface area contributed by atoms with Gasteiger partial charge < -0.3 is 15.7 Å². The SMILES string of the molecule is CC(C)(C)OC(=O)NC(N)=NO. The highest BCUT2D eigenvalue weighted by Gasteiger charge is 2.16. The molecule has 0 aliphatic rings. The van der Waals surface area contributed by atoms with Crippen molar-refractivity contribution in [2.75, 3.05) is 0 Å². The summed E-state index contributed by atoms with van der Waals surface area (Å²) in [4.78, 5) is 10.8. The van der Waals surface area contributed by atoms with Crippen molar-refractivity contribution < 1.29 is 14.7 Å². The van der Waals surface area contributed by atoms with E-state index in [0.717, 1.165) is 0 Å². The Morgan fingerprint density at radius 1 is 1.58 bits per heavy atom. The molecule has 0 unspecified atom stereocenters. The van der Waals surface area contributed by atoms with Gasteiger partial charge in [-0.1, -0.05) is 5.16 Å². The Kier molecular flexibility index (Phi) is 3.33. The summed E-state index contributed by atoms with van der Waals surface area (Å²) in [7, 11) is 0. The molecule has 0 aliphatic carbocycles. The van der Waals surface area contributed by atoms with Gasteiger partial charge in [-0.2, -0.15) is 0 Å². The summed E-state index contributed by atoms with van der Waals surface area (Å²) in [6.45, 7) is 5.12. The third-order valence-corrected chi connectivity index (χ3v) is 0.737. The van der Waals surface area contributed by atoms with Gasteiger partial charge in [-0.25, -0.2) is 4.79 Å². The Hall–Kier alpha value is -1.46. The van der Waals surface area contributed by atoms with E-state index < -0.39 is 17.7 Å². The van der Waals surface area contributed by atoms with Crippen LogP contribution in [0.5, 0.6) is 0 Å². The summed E-state index contributed by atoms with van der Waals surface area (Å²) < 4.78 is 4.79. The number of oxime groups is 1. The number of ether oxygens (including phenoxy) is 1. The predicted molar refractivity (Wildman–Crippen MR) is 42.8 cm³/mol. The van der Waals surface area contributed by atoms with Crippen molar-refractivity contribution in [1.82, 2.24) is 5.32 Å². The van der Waals surface area contributed by atoms with E-state index in [1.54, 1.807) is 20.8 Å². The number of nitrogens with one attached hydrogen (secondary N) is 1. The summed E-state index contributed by atoms with van der Waals surface area (Å²) in [6, 6.07) is 0. The molecule has 0 spiro atoms. The average molecular weight is 175 g/mol. The maximum Gasteiger partial charge on any atom is 0.414 e. The second-order valence-corrected chi connectivity index (χ2v) is 3.11. The van der Waals surface area contributed by atoms with Crippen LogP contribution < -0.4 is 11.1 Å². The molecule has 0 radical (unpaired) electrons. The molecule has 12 heavy (non-hydrogen) atoms. The number of carbonyl (C=O) groups is 1. The lowest BCUT2D eigenvalue weighted by molar-refractivity contribution is 0.0560. The van der Waals surface area contributed by atoms with Crippen LogP contribution in [-0.2, 0) is 4.74 Å². The van der Waals surface area contributed by atoms with E-state index in [-0.39, 0.29) is 0 Å². The van der Waals surface area contributed by atoms with E-state index in [2.05, 4.69) is 5.16 Å². The Morgan fingerprint density at radius 2 is 2.08 bits per heavy atom. The standard InChI is InChI=1S/C6H13N3O3/c1-6(2,3)12-5(10)8-4(7)9-11/h11H,1-3H3,(H3,7,8,9,10). The molecule has 70 valence electrons. The van der Waals surface area contributed by atoms with Crippen LogP contribution in [0.4, 0.5) is 4.79 Å². The van der Waals surface area contributed by atoms with Crippen LogP contribution in [0, 0.1) is 0 Å². The van der Waals surface area contributed by atoms with Gasteiger partial charge in [-0.05, 0) is 20.8 Å². The zero-order valence-electron chi connectivity index (χ0n) is 7.29. The van der Waals surface area contributed by atoms with Gasteiger partial charge in [0.2, 0.25) is 5.96 Å². The number of carbonyl (C=O) groups excluding carboxylic acids is 1. The normalized spacial score (nSPS) is 12.4. The minimum absolute atomic E-state index is 0.399. The van der Waals surface area contributed by atoms with Crippen molar-refractivity contribution in [3.05, 3.63) is 0 Å². The molecule has 0 fully saturated rings. The highest BCUT2D eigenvalue weighted by molar-refractivity contribution is 5.92. The van der Waals surface area contributed by atoms with Gasteiger partial charge in [-0.3, -0.25) is 5.32 Å². The van der Waals surface area contributed by atoms with Gasteiger partial charge in [-0.15, -0.1) is 0 Å². The largest absolute Gasteiger partial charge is 0.444 e. The molecule has 0 saturated carbocycles. The van der Waals surface area contributed by atoms with Crippen LogP contribution >= 0.6 is 0 Å². The number of nitrogens with two attached hydrogens (primary N) is 1. The molecule has 0 atom stereocenters. The minimum atomic E-state index is -0.752. The third kappa shape index (κ3) is 5.33. The molecular formula is C6H13N3O3. The molecule has 4 N–H and O–H groups in total. The van der Waals surface area contributed by atoms with Crippen molar-refractivity contribution >= 4 is 12.1 Å². The molecule has 0 aromatic carbocycles. The zero-order chi connectivity index (χ0) is 9.78. The molecule has 6 heteroatoms. The van der Waals surface area contributed by atoms with Gasteiger partial charge in [0.25, 0.3) is 0 Å². The second kappa shape index (κ2) is 3.80. The number of hydrogen-bond acceptors (Lipinski definition) is 4. The van der Waals surface area contributed by atoms with Gasteiger partial charge >= 0.3 is 6.09 Å². The Morgan fingerprint density at radius 3 is 2.42 bits per heavy atom. The van der Waals surface area contributed by atoms with Gasteiger partial charge in [0, 0.05) is 0 Å². The van der Waals surface area contributed by atoms with Gasteiger partial charge in [0.1, 0.15) is 5.60 Å². The summed E-state index contributed by atoms with van der Waals surface area (Å²) in [5.74, 6) is -0.399. The zero-order valence-corrected chi connectivity index (χ0v) is 7.29. The fourth-order valence-corrected chi connectivity index (χ4v) is 0.433. The summed E-state index contributed by atoms with van der Waals surface area (Å²) >= 11 is 0. The maximum atomic E-state index is 10.8. The number of rotatable bonds is 0. The van der Waals surface area contributed by atoms with E-state index in [1.807, 2.05) is 5.32 Å². The lowest BCUT2D eigenvalue weighted by Gasteiger charge is -2.19. The Bertz CT molecular complexity index is 195. The molecule has 0 bridgehead atoms. The number of guanidine groups is 1. The summed E-state index contributed by atoms with van der Waals surface area (Å²) in [5.41, 5.74) is 4.38. The first kappa shape index (κ1) is 10.5. The molecule has 0 aromatic rings. The first-order valence-electron chi connectivity index (χ1n) is 3.32. The summed E-state index contributed by atoms with van der Waals surface area (Å²) in [5, 5.41) is 12.6. The van der Waals surface area contributed by atoms with Crippen LogP contribution in [-0.4, -0.2) is 22.9 Å². The molecule has 0 aliphatic heterocycles. The van der Waals surface area contributed by atoms with Crippen LogP contribution in [0.2, 0.25) is 0 Å². The highest BCUT2D eigenvalue weighted by Crippen LogP contribution is 2.05. The van der Waals surface area contributed by atoms with E-state index >= 15 is 0 Å². The van der Waals surface area contributed by atoms with Crippen molar-refractivity contribution in [2.45, 2.75) is 26.4 Å². The van der Waals surface area contributed by atoms with Crippen molar-refractivity contribution in [1.29, 1.82) is 0 Å². The predicted octanol–water partition coefficient (Wildman–Crippen LogP) is 0.215. The Balaban J connectivity index is 3.92. The van der Waals surface area contributed by atoms with Crippen LogP contribution in [0.1, 0.15) is 20.8 Å². The van der Waals surface area contributed by atoms with E-state index in [4.69, 9.17) is 15.7 Å². The third-order valence-electron chi connectivity index (χ3n) is 0.737. The van der Waals surface area contributed by atoms with Crippen LogP contribution in [0.25, 0.3) is 0 Å². The molecular weight excluding hydrogens is 162 g/mol. The number of alkyl carbamates (subject to hydrolysis) is 1. The molecule has 0 aromatic heterocycles. The molecule has 0 rings (SSSR count). The topological polar surface area (TPSA) is 96.9 Å². The van der Waals surface area contributed by atoms with Crippen molar-refractivity contribution in [3.8, 4) is 0 Å². The first-order valence-corrected chi connectivity index (χ1v) is 3.32. The second-order valence-electron chi connectivity index (χ2n) is 3.11. The number of amides is 1. The number of nitrogens with zero attached hydrogens (tertiary/aromatic N) is 1. The van der Waals surface area contributed by atoms with Gasteiger partial charge in [0.15, 0.2) is 0 Å². The molecule has 0 saturated heterocycles. The maximum absolute atomic E-state index is 10.8. The smallest absolute Gasteiger partial charge is 0.414 e. The minimum Gasteiger partial charge on any atom is -0.444 e. The number of hydrogen-bond donors (Lipinski definition) is 3. The molecule has 1 amide bonds. The van der Waals surface area contributed by atoms with Crippen molar-refractivity contribution in [3.63, 3.8) is 0 Å². The van der Waals surface area contributed by atoms with E-state index in [0.29, 0.717) is 0 Å². The quantitative estimate of drug-likeness (QED) is 0.212. The lowest BCUT2D eigenvalue weighted by atomic mass is 10.2. The van der Waals surface area contributed by atoms with E-state index in [1.165, 1.54) is 0 Å². The fourth-order valence-electron chi connectivity index (χ4n) is 0.433. The van der Waals surface area contributed by atoms with Gasteiger partial charge in [0.05, 0.1) is 0 Å².